The van der Waals surface area contributed by atoms with Crippen molar-refractivity contribution in [2.24, 2.45) is 5.73 Å². The van der Waals surface area contributed by atoms with Crippen molar-refractivity contribution < 1.29 is 0 Å². The molecule has 0 spiro atoms. The summed E-state index contributed by atoms with van der Waals surface area (Å²) in [5, 5.41) is 4.28. The molecule has 2 heterocycles. The minimum Gasteiger partial charge on any atom is -0.388 e. The number of aromatic nitrogens is 2. The molecular formula is C11H12N4S2. The summed E-state index contributed by atoms with van der Waals surface area (Å²) in [5.74, 6) is 0.765. The molecule has 0 fully saturated rings. The molecule has 4 nitrogen and oxygen atoms in total. The number of thiazole rings is 1. The maximum absolute atomic E-state index is 5.53. The number of nitrogens with zero attached hydrogens (tertiary/aromatic N) is 2. The van der Waals surface area contributed by atoms with Gasteiger partial charge in [0.2, 0.25) is 0 Å². The number of rotatable bonds is 4. The molecule has 0 saturated heterocycles. The molecule has 0 aromatic carbocycles. The van der Waals surface area contributed by atoms with Gasteiger partial charge in [-0.1, -0.05) is 18.3 Å². The Bertz CT molecular complexity index is 536. The van der Waals surface area contributed by atoms with Crippen LogP contribution in [0.2, 0.25) is 0 Å². The lowest BCUT2D eigenvalue weighted by molar-refractivity contribution is 1.12. The van der Waals surface area contributed by atoms with Crippen LogP contribution in [-0.2, 0) is 6.54 Å². The van der Waals surface area contributed by atoms with Crippen LogP contribution in [0.4, 0.5) is 5.82 Å². The van der Waals surface area contributed by atoms with E-state index < -0.39 is 0 Å². The minimum atomic E-state index is 0.308. The van der Waals surface area contributed by atoms with Crippen LogP contribution in [-0.4, -0.2) is 15.0 Å². The topological polar surface area (TPSA) is 63.8 Å². The summed E-state index contributed by atoms with van der Waals surface area (Å²) >= 11 is 6.55. The molecule has 17 heavy (non-hydrogen) atoms. The molecule has 0 bridgehead atoms. The number of hydrogen-bond acceptors (Lipinski definition) is 5. The Balaban J connectivity index is 2.04. The van der Waals surface area contributed by atoms with Gasteiger partial charge in [0.25, 0.3) is 0 Å². The van der Waals surface area contributed by atoms with Crippen molar-refractivity contribution in [3.05, 3.63) is 40.0 Å². The van der Waals surface area contributed by atoms with E-state index in [4.69, 9.17) is 18.0 Å². The first-order valence-electron chi connectivity index (χ1n) is 5.07. The molecule has 0 radical (unpaired) electrons. The first kappa shape index (κ1) is 11.9. The van der Waals surface area contributed by atoms with Crippen molar-refractivity contribution in [1.82, 2.24) is 9.97 Å². The zero-order chi connectivity index (χ0) is 12.3. The van der Waals surface area contributed by atoms with E-state index in [9.17, 15) is 0 Å². The number of nitrogens with two attached hydrogens (primary N) is 1. The van der Waals surface area contributed by atoms with E-state index in [1.807, 2.05) is 25.3 Å². The van der Waals surface area contributed by atoms with Crippen molar-refractivity contribution >= 4 is 34.4 Å². The van der Waals surface area contributed by atoms with Crippen LogP contribution in [0, 0.1) is 6.92 Å². The standard InChI is InChI=1S/C11H12N4S2/c1-7-13-5-8(17-7)6-14-10-4-2-3-9(15-10)11(12)16/h2-5H,6H2,1H3,(H2,12,16)(H,14,15). The van der Waals surface area contributed by atoms with Crippen LogP contribution >= 0.6 is 23.6 Å². The predicted octanol–water partition coefficient (Wildman–Crippen LogP) is 2.09. The van der Waals surface area contributed by atoms with Gasteiger partial charge in [-0.25, -0.2) is 9.97 Å². The zero-order valence-corrected chi connectivity index (χ0v) is 10.9. The Labute approximate surface area is 109 Å². The predicted molar refractivity (Wildman–Crippen MR) is 74.3 cm³/mol. The number of anilines is 1. The van der Waals surface area contributed by atoms with Crippen molar-refractivity contribution in [2.75, 3.05) is 5.32 Å². The molecule has 88 valence electrons. The van der Waals surface area contributed by atoms with Crippen LogP contribution in [0.5, 0.6) is 0 Å². The smallest absolute Gasteiger partial charge is 0.127 e. The Morgan fingerprint density at radius 2 is 2.35 bits per heavy atom. The van der Waals surface area contributed by atoms with Gasteiger partial charge in [0.15, 0.2) is 0 Å². The van der Waals surface area contributed by atoms with Gasteiger partial charge in [0, 0.05) is 11.1 Å². The fourth-order valence-electron chi connectivity index (χ4n) is 1.34. The van der Waals surface area contributed by atoms with Gasteiger partial charge in [-0.05, 0) is 19.1 Å². The summed E-state index contributed by atoms with van der Waals surface area (Å²) in [6.07, 6.45) is 1.87. The normalized spacial score (nSPS) is 10.2. The van der Waals surface area contributed by atoms with E-state index in [2.05, 4.69) is 15.3 Å². The second-order valence-electron chi connectivity index (χ2n) is 3.47. The molecule has 0 amide bonds. The maximum Gasteiger partial charge on any atom is 0.127 e. The van der Waals surface area contributed by atoms with Crippen LogP contribution in [0.1, 0.15) is 15.6 Å². The monoisotopic (exact) mass is 264 g/mol. The molecule has 0 saturated carbocycles. The van der Waals surface area contributed by atoms with Crippen LogP contribution in [0.15, 0.2) is 24.4 Å². The van der Waals surface area contributed by atoms with Crippen molar-refractivity contribution in [1.29, 1.82) is 0 Å². The molecule has 3 N–H and O–H groups in total. The number of pyridine rings is 1. The van der Waals surface area contributed by atoms with Crippen LogP contribution in [0.3, 0.4) is 0 Å². The number of aryl methyl sites for hydroxylation is 1. The Morgan fingerprint density at radius 3 is 3.00 bits per heavy atom. The molecule has 0 aliphatic rings. The largest absolute Gasteiger partial charge is 0.388 e. The fourth-order valence-corrected chi connectivity index (χ4v) is 2.18. The molecule has 6 heteroatoms. The number of thiocarbonyl (C=S) groups is 1. The Kier molecular flexibility index (Phi) is 3.65. The molecule has 2 aromatic heterocycles. The molecular weight excluding hydrogens is 252 g/mol. The summed E-state index contributed by atoms with van der Waals surface area (Å²) in [6, 6.07) is 5.56. The third kappa shape index (κ3) is 3.21. The average Bonchev–Trinajstić information content (AvgIpc) is 2.73. The Morgan fingerprint density at radius 1 is 1.53 bits per heavy atom. The van der Waals surface area contributed by atoms with Crippen molar-refractivity contribution in [3.63, 3.8) is 0 Å². The van der Waals surface area contributed by atoms with E-state index in [-0.39, 0.29) is 0 Å². The SMILES string of the molecule is Cc1ncc(CNc2cccc(C(N)=S)n2)s1. The number of hydrogen-bond donors (Lipinski definition) is 2. The van der Waals surface area contributed by atoms with E-state index in [1.54, 1.807) is 17.4 Å². The van der Waals surface area contributed by atoms with Gasteiger partial charge in [-0.15, -0.1) is 11.3 Å². The third-order valence-corrected chi connectivity index (χ3v) is 3.24. The number of nitrogens with one attached hydrogen (secondary N) is 1. The zero-order valence-electron chi connectivity index (χ0n) is 9.30. The van der Waals surface area contributed by atoms with Gasteiger partial charge in [-0.2, -0.15) is 0 Å². The molecule has 0 unspecified atom stereocenters. The van der Waals surface area contributed by atoms with Crippen LogP contribution in [0.25, 0.3) is 0 Å². The molecule has 0 aliphatic heterocycles. The van der Waals surface area contributed by atoms with Gasteiger partial charge >= 0.3 is 0 Å². The molecule has 0 aliphatic carbocycles. The van der Waals surface area contributed by atoms with Crippen LogP contribution < -0.4 is 11.1 Å². The highest BCUT2D eigenvalue weighted by atomic mass is 32.1. The highest BCUT2D eigenvalue weighted by molar-refractivity contribution is 7.80. The average molecular weight is 264 g/mol. The summed E-state index contributed by atoms with van der Waals surface area (Å²) in [6.45, 7) is 2.69. The molecule has 0 atom stereocenters. The van der Waals surface area contributed by atoms with E-state index in [0.29, 0.717) is 17.2 Å². The van der Waals surface area contributed by atoms with Crippen molar-refractivity contribution in [2.45, 2.75) is 13.5 Å². The molecule has 2 aromatic rings. The highest BCUT2D eigenvalue weighted by Gasteiger charge is 2.01. The summed E-state index contributed by atoms with van der Waals surface area (Å²) in [4.78, 5) is 9.97. The lowest BCUT2D eigenvalue weighted by Crippen LogP contribution is -2.12. The lowest BCUT2D eigenvalue weighted by atomic mass is 10.3. The van der Waals surface area contributed by atoms with E-state index in [0.717, 1.165) is 10.8 Å². The maximum atomic E-state index is 5.53. The minimum absolute atomic E-state index is 0.308. The third-order valence-electron chi connectivity index (χ3n) is 2.11. The van der Waals surface area contributed by atoms with Gasteiger partial charge in [0.1, 0.15) is 10.8 Å². The van der Waals surface area contributed by atoms with Crippen molar-refractivity contribution in [3.8, 4) is 0 Å². The quantitative estimate of drug-likeness (QED) is 0.828. The van der Waals surface area contributed by atoms with Gasteiger partial charge in [0.05, 0.1) is 17.2 Å². The summed E-state index contributed by atoms with van der Waals surface area (Å²) in [7, 11) is 0. The Hall–Kier alpha value is -1.53. The lowest BCUT2D eigenvalue weighted by Gasteiger charge is -2.05. The highest BCUT2D eigenvalue weighted by Crippen LogP contribution is 2.13. The summed E-state index contributed by atoms with van der Waals surface area (Å²) in [5.41, 5.74) is 6.16. The molecule has 2 rings (SSSR count). The first-order valence-corrected chi connectivity index (χ1v) is 6.29. The second kappa shape index (κ2) is 5.20. The first-order chi connectivity index (χ1) is 8.15. The van der Waals surface area contributed by atoms with Gasteiger partial charge in [-0.3, -0.25) is 0 Å². The van der Waals surface area contributed by atoms with Gasteiger partial charge < -0.3 is 11.1 Å². The van der Waals surface area contributed by atoms with E-state index in [1.165, 1.54) is 4.88 Å². The van der Waals surface area contributed by atoms with E-state index >= 15 is 0 Å². The summed E-state index contributed by atoms with van der Waals surface area (Å²) < 4.78 is 0. The second-order valence-corrected chi connectivity index (χ2v) is 5.23. The fraction of sp³-hybridized carbons (Fsp3) is 0.182.